The van der Waals surface area contributed by atoms with Crippen LogP contribution >= 0.6 is 0 Å². The highest BCUT2D eigenvalue weighted by Crippen LogP contribution is 2.22. The first-order valence-corrected chi connectivity index (χ1v) is 4.62. The molecule has 0 aliphatic rings. The summed E-state index contributed by atoms with van der Waals surface area (Å²) in [6.07, 6.45) is 1.63. The third kappa shape index (κ3) is 3.12. The van der Waals surface area contributed by atoms with Crippen LogP contribution in [-0.4, -0.2) is 31.6 Å². The number of ether oxygens (including phenoxy) is 1. The van der Waals surface area contributed by atoms with Gasteiger partial charge in [0.05, 0.1) is 25.5 Å². The highest BCUT2D eigenvalue weighted by molar-refractivity contribution is 5.80. The Hall–Kier alpha value is -1.78. The molecule has 0 aliphatic carbocycles. The number of nitrogens with zero attached hydrogens (tertiary/aromatic N) is 1. The molecule has 1 aromatic heterocycles. The molecule has 0 saturated heterocycles. The molecule has 0 spiro atoms. The quantitative estimate of drug-likeness (QED) is 0.760. The van der Waals surface area contributed by atoms with Gasteiger partial charge in [-0.15, -0.1) is 0 Å². The number of nitrogens with one attached hydrogen (secondary N) is 2. The minimum Gasteiger partial charge on any atom is -0.493 e. The van der Waals surface area contributed by atoms with E-state index in [1.807, 2.05) is 13.0 Å². The zero-order valence-corrected chi connectivity index (χ0v) is 9.13. The molecule has 0 saturated carbocycles. The number of carbonyl (C=O) groups is 1. The molecule has 1 amide bonds. The number of hydrogen-bond acceptors (Lipinski definition) is 4. The van der Waals surface area contributed by atoms with E-state index in [1.165, 1.54) is 0 Å². The maximum Gasteiger partial charge on any atom is 0.239 e. The van der Waals surface area contributed by atoms with Gasteiger partial charge in [-0.3, -0.25) is 9.78 Å². The number of pyridine rings is 1. The van der Waals surface area contributed by atoms with E-state index in [1.54, 1.807) is 20.4 Å². The highest BCUT2D eigenvalue weighted by Gasteiger charge is 2.04. The van der Waals surface area contributed by atoms with E-state index in [0.29, 0.717) is 5.75 Å². The number of methoxy groups -OCH3 is 1. The lowest BCUT2D eigenvalue weighted by atomic mass is 10.3. The van der Waals surface area contributed by atoms with Crippen LogP contribution in [0.3, 0.4) is 0 Å². The third-order valence-electron chi connectivity index (χ3n) is 1.94. The predicted octanol–water partition coefficient (Wildman–Crippen LogP) is 0.557. The average molecular weight is 209 g/mol. The van der Waals surface area contributed by atoms with Crippen molar-refractivity contribution in [1.29, 1.82) is 0 Å². The Morgan fingerprint density at radius 1 is 1.60 bits per heavy atom. The van der Waals surface area contributed by atoms with E-state index in [9.17, 15) is 4.79 Å². The summed E-state index contributed by atoms with van der Waals surface area (Å²) in [6.45, 7) is 2.10. The van der Waals surface area contributed by atoms with E-state index >= 15 is 0 Å². The molecule has 82 valence electrons. The number of aryl methyl sites for hydroxylation is 1. The Labute approximate surface area is 88.9 Å². The lowest BCUT2D eigenvalue weighted by Crippen LogP contribution is -2.26. The summed E-state index contributed by atoms with van der Waals surface area (Å²) in [5, 5.41) is 5.51. The molecule has 5 heteroatoms. The molecule has 0 radical (unpaired) electrons. The van der Waals surface area contributed by atoms with Crippen LogP contribution in [-0.2, 0) is 4.79 Å². The molecule has 0 atom stereocenters. The molecule has 1 heterocycles. The first-order chi connectivity index (χ1) is 7.17. The molecule has 1 rings (SSSR count). The molecule has 0 unspecified atom stereocenters. The second kappa shape index (κ2) is 5.19. The number of amides is 1. The largest absolute Gasteiger partial charge is 0.493 e. The van der Waals surface area contributed by atoms with Gasteiger partial charge in [0.15, 0.2) is 5.75 Å². The molecule has 1 aromatic rings. The van der Waals surface area contributed by atoms with Crippen molar-refractivity contribution in [2.45, 2.75) is 6.92 Å². The summed E-state index contributed by atoms with van der Waals surface area (Å²) in [5.74, 6) is 0.552. The van der Waals surface area contributed by atoms with Crippen molar-refractivity contribution in [2.24, 2.45) is 0 Å². The topological polar surface area (TPSA) is 63.2 Å². The lowest BCUT2D eigenvalue weighted by molar-refractivity contribution is -0.118. The summed E-state index contributed by atoms with van der Waals surface area (Å²) in [6, 6.07) is 1.84. The van der Waals surface area contributed by atoms with Gasteiger partial charge in [0.25, 0.3) is 0 Å². The second-order valence-electron chi connectivity index (χ2n) is 3.05. The molecule has 0 bridgehead atoms. The van der Waals surface area contributed by atoms with Crippen molar-refractivity contribution in [2.75, 3.05) is 26.0 Å². The molecular formula is C10H15N3O2. The van der Waals surface area contributed by atoms with Crippen LogP contribution in [0.15, 0.2) is 12.3 Å². The van der Waals surface area contributed by atoms with Gasteiger partial charge in [-0.05, 0) is 13.0 Å². The van der Waals surface area contributed by atoms with Crippen molar-refractivity contribution in [3.05, 3.63) is 18.0 Å². The SMILES string of the molecule is CNC(=O)CNc1cc(C)ncc1OC. The monoisotopic (exact) mass is 209 g/mol. The first-order valence-electron chi connectivity index (χ1n) is 4.62. The van der Waals surface area contributed by atoms with Gasteiger partial charge >= 0.3 is 0 Å². The Balaban J connectivity index is 2.74. The second-order valence-corrected chi connectivity index (χ2v) is 3.05. The van der Waals surface area contributed by atoms with Gasteiger partial charge in [-0.1, -0.05) is 0 Å². The molecule has 5 nitrogen and oxygen atoms in total. The summed E-state index contributed by atoms with van der Waals surface area (Å²) in [5.41, 5.74) is 1.64. The van der Waals surface area contributed by atoms with Gasteiger partial charge in [-0.2, -0.15) is 0 Å². The maximum atomic E-state index is 11.0. The van der Waals surface area contributed by atoms with Crippen molar-refractivity contribution in [3.63, 3.8) is 0 Å². The minimum absolute atomic E-state index is 0.0773. The van der Waals surface area contributed by atoms with E-state index in [4.69, 9.17) is 4.74 Å². The Bertz CT molecular complexity index is 353. The summed E-state index contributed by atoms with van der Waals surface area (Å²) in [7, 11) is 3.16. The fourth-order valence-corrected chi connectivity index (χ4v) is 1.11. The van der Waals surface area contributed by atoms with Crippen molar-refractivity contribution >= 4 is 11.6 Å². The van der Waals surface area contributed by atoms with Gasteiger partial charge in [-0.25, -0.2) is 0 Å². The summed E-state index contributed by atoms with van der Waals surface area (Å²) >= 11 is 0. The average Bonchev–Trinajstić information content (AvgIpc) is 2.26. The molecule has 2 N–H and O–H groups in total. The van der Waals surface area contributed by atoms with E-state index in [-0.39, 0.29) is 12.5 Å². The highest BCUT2D eigenvalue weighted by atomic mass is 16.5. The molecular weight excluding hydrogens is 194 g/mol. The fourth-order valence-electron chi connectivity index (χ4n) is 1.11. The maximum absolute atomic E-state index is 11.0. The smallest absolute Gasteiger partial charge is 0.239 e. The van der Waals surface area contributed by atoms with Crippen LogP contribution < -0.4 is 15.4 Å². The third-order valence-corrected chi connectivity index (χ3v) is 1.94. The zero-order valence-electron chi connectivity index (χ0n) is 9.13. The number of aromatic nitrogens is 1. The van der Waals surface area contributed by atoms with Crippen molar-refractivity contribution in [3.8, 4) is 5.75 Å². The Kier molecular flexibility index (Phi) is 3.91. The van der Waals surface area contributed by atoms with Crippen LogP contribution in [0.2, 0.25) is 0 Å². The van der Waals surface area contributed by atoms with Gasteiger partial charge in [0, 0.05) is 12.7 Å². The van der Waals surface area contributed by atoms with Crippen LogP contribution in [0.25, 0.3) is 0 Å². The van der Waals surface area contributed by atoms with Crippen LogP contribution in [0.1, 0.15) is 5.69 Å². The minimum atomic E-state index is -0.0773. The summed E-state index contributed by atoms with van der Waals surface area (Å²) < 4.78 is 5.11. The Morgan fingerprint density at radius 2 is 2.33 bits per heavy atom. The van der Waals surface area contributed by atoms with Gasteiger partial charge < -0.3 is 15.4 Å². The predicted molar refractivity (Wildman–Crippen MR) is 58.1 cm³/mol. The van der Waals surface area contributed by atoms with E-state index in [2.05, 4.69) is 15.6 Å². The van der Waals surface area contributed by atoms with E-state index in [0.717, 1.165) is 11.4 Å². The summed E-state index contributed by atoms with van der Waals surface area (Å²) in [4.78, 5) is 15.1. The first kappa shape index (κ1) is 11.3. The van der Waals surface area contributed by atoms with Gasteiger partial charge in [0.2, 0.25) is 5.91 Å². The van der Waals surface area contributed by atoms with Crippen LogP contribution in [0, 0.1) is 6.92 Å². The number of likely N-dealkylation sites (N-methyl/N-ethyl adjacent to an activating group) is 1. The van der Waals surface area contributed by atoms with E-state index < -0.39 is 0 Å². The molecule has 0 aromatic carbocycles. The standard InChI is InChI=1S/C10H15N3O2/c1-7-4-8(9(15-3)5-12-7)13-6-10(14)11-2/h4-5H,6H2,1-3H3,(H,11,14)(H,12,13). The zero-order chi connectivity index (χ0) is 11.3. The fraction of sp³-hybridized carbons (Fsp3) is 0.400. The number of anilines is 1. The van der Waals surface area contributed by atoms with Crippen molar-refractivity contribution < 1.29 is 9.53 Å². The number of hydrogen-bond donors (Lipinski definition) is 2. The molecule has 15 heavy (non-hydrogen) atoms. The number of carbonyl (C=O) groups excluding carboxylic acids is 1. The normalized spacial score (nSPS) is 9.53. The van der Waals surface area contributed by atoms with Crippen LogP contribution in [0.4, 0.5) is 5.69 Å². The Morgan fingerprint density at radius 3 is 2.93 bits per heavy atom. The van der Waals surface area contributed by atoms with Crippen LogP contribution in [0.5, 0.6) is 5.75 Å². The van der Waals surface area contributed by atoms with Crippen molar-refractivity contribution in [1.82, 2.24) is 10.3 Å². The lowest BCUT2D eigenvalue weighted by Gasteiger charge is -2.10. The molecule has 0 fully saturated rings. The number of rotatable bonds is 4. The van der Waals surface area contributed by atoms with Gasteiger partial charge in [0.1, 0.15) is 0 Å². The molecule has 0 aliphatic heterocycles.